The molecule has 3 heterocycles. The number of rotatable bonds is 7. The Kier molecular flexibility index (Phi) is 6.81. The molecule has 31 heavy (non-hydrogen) atoms. The summed E-state index contributed by atoms with van der Waals surface area (Å²) in [7, 11) is 1.89. The van der Waals surface area contributed by atoms with Gasteiger partial charge in [0.05, 0.1) is 22.3 Å². The lowest BCUT2D eigenvalue weighted by atomic mass is 9.95. The first-order chi connectivity index (χ1) is 14.9. The van der Waals surface area contributed by atoms with E-state index >= 15 is 0 Å². The van der Waals surface area contributed by atoms with Crippen molar-refractivity contribution >= 4 is 34.7 Å². The Hall–Kier alpha value is -2.13. The van der Waals surface area contributed by atoms with Crippen LogP contribution in [0.4, 0.5) is 5.69 Å². The zero-order chi connectivity index (χ0) is 22.0. The van der Waals surface area contributed by atoms with Crippen molar-refractivity contribution in [2.45, 2.75) is 75.7 Å². The molecule has 0 saturated heterocycles. The number of thiophene rings is 1. The third kappa shape index (κ3) is 4.87. The van der Waals surface area contributed by atoms with Crippen LogP contribution in [0.1, 0.15) is 67.2 Å². The summed E-state index contributed by atoms with van der Waals surface area (Å²) in [6, 6.07) is 4.64. The van der Waals surface area contributed by atoms with E-state index in [1.54, 1.807) is 16.0 Å². The van der Waals surface area contributed by atoms with Gasteiger partial charge in [-0.15, -0.1) is 21.5 Å². The van der Waals surface area contributed by atoms with Crippen molar-refractivity contribution in [1.82, 2.24) is 24.5 Å². The number of carbonyl (C=O) groups excluding carboxylic acids is 1. The van der Waals surface area contributed by atoms with Crippen LogP contribution in [0, 0.1) is 13.8 Å². The maximum absolute atomic E-state index is 13.0. The van der Waals surface area contributed by atoms with Crippen LogP contribution in [0.15, 0.2) is 22.7 Å². The molecule has 1 aliphatic carbocycles. The molecule has 7 nitrogen and oxygen atoms in total. The number of aromatic nitrogens is 5. The minimum absolute atomic E-state index is 0.0396. The molecule has 1 fully saturated rings. The smallest absolute Gasteiger partial charge is 0.237 e. The Labute approximate surface area is 191 Å². The molecule has 1 saturated carbocycles. The first kappa shape index (κ1) is 22.1. The number of hydrogen-bond acceptors (Lipinski definition) is 6. The second-order valence-corrected chi connectivity index (χ2v) is 10.6. The van der Waals surface area contributed by atoms with Crippen LogP contribution in [0.5, 0.6) is 0 Å². The van der Waals surface area contributed by atoms with Crippen LogP contribution in [-0.4, -0.2) is 35.7 Å². The summed E-state index contributed by atoms with van der Waals surface area (Å²) in [6.45, 7) is 5.81. The molecule has 1 amide bonds. The summed E-state index contributed by atoms with van der Waals surface area (Å²) in [5, 5.41) is 19.2. The number of carbonyl (C=O) groups is 1. The van der Waals surface area contributed by atoms with Gasteiger partial charge in [0.25, 0.3) is 0 Å². The number of thioether (sulfide) groups is 1. The molecular formula is C22H30N6OS2. The Bertz CT molecular complexity index is 1030. The molecule has 3 aromatic rings. The van der Waals surface area contributed by atoms with Crippen LogP contribution in [0.3, 0.4) is 0 Å². The minimum Gasteiger partial charge on any atom is -0.322 e. The lowest BCUT2D eigenvalue weighted by Gasteiger charge is -2.26. The number of nitrogens with one attached hydrogen (secondary N) is 1. The van der Waals surface area contributed by atoms with E-state index in [-0.39, 0.29) is 11.2 Å². The van der Waals surface area contributed by atoms with Gasteiger partial charge in [-0.2, -0.15) is 5.10 Å². The second-order valence-electron chi connectivity index (χ2n) is 8.24. The molecule has 1 atom stereocenters. The van der Waals surface area contributed by atoms with Gasteiger partial charge in [-0.1, -0.05) is 37.1 Å². The first-order valence-corrected chi connectivity index (χ1v) is 12.6. The number of amides is 1. The summed E-state index contributed by atoms with van der Waals surface area (Å²) in [4.78, 5) is 14.2. The maximum atomic E-state index is 13.0. The third-order valence-corrected chi connectivity index (χ3v) is 7.93. The van der Waals surface area contributed by atoms with Gasteiger partial charge in [-0.3, -0.25) is 9.48 Å². The van der Waals surface area contributed by atoms with Gasteiger partial charge >= 0.3 is 0 Å². The summed E-state index contributed by atoms with van der Waals surface area (Å²) in [5.41, 5.74) is 2.58. The number of anilines is 1. The topological polar surface area (TPSA) is 77.6 Å². The highest BCUT2D eigenvalue weighted by atomic mass is 32.2. The van der Waals surface area contributed by atoms with Crippen molar-refractivity contribution in [3.8, 4) is 0 Å². The summed E-state index contributed by atoms with van der Waals surface area (Å²) < 4.78 is 4.10. The van der Waals surface area contributed by atoms with Gasteiger partial charge in [0.2, 0.25) is 5.91 Å². The lowest BCUT2D eigenvalue weighted by molar-refractivity contribution is -0.115. The summed E-state index contributed by atoms with van der Waals surface area (Å²) in [5.74, 6) is 0.964. The molecule has 166 valence electrons. The molecule has 4 rings (SSSR count). The molecule has 0 bridgehead atoms. The van der Waals surface area contributed by atoms with Crippen molar-refractivity contribution in [2.24, 2.45) is 7.05 Å². The number of aryl methyl sites for hydroxylation is 2. The molecule has 0 radical (unpaired) electrons. The van der Waals surface area contributed by atoms with E-state index in [1.807, 2.05) is 27.8 Å². The quantitative estimate of drug-likeness (QED) is 0.509. The second kappa shape index (κ2) is 9.56. The highest BCUT2D eigenvalue weighted by Crippen LogP contribution is 2.35. The van der Waals surface area contributed by atoms with E-state index < -0.39 is 0 Å². The molecule has 0 spiro atoms. The summed E-state index contributed by atoms with van der Waals surface area (Å²) >= 11 is 3.24. The van der Waals surface area contributed by atoms with Crippen molar-refractivity contribution in [3.05, 3.63) is 39.6 Å². The maximum Gasteiger partial charge on any atom is 0.237 e. The van der Waals surface area contributed by atoms with Gasteiger partial charge in [0.15, 0.2) is 5.16 Å². The van der Waals surface area contributed by atoms with Gasteiger partial charge in [-0.25, -0.2) is 0 Å². The fourth-order valence-corrected chi connectivity index (χ4v) is 5.81. The lowest BCUT2D eigenvalue weighted by Crippen LogP contribution is -2.24. The van der Waals surface area contributed by atoms with Crippen molar-refractivity contribution in [2.75, 3.05) is 5.32 Å². The normalized spacial score (nSPS) is 15.9. The fourth-order valence-electron chi connectivity index (χ4n) is 4.17. The highest BCUT2D eigenvalue weighted by Gasteiger charge is 2.26. The summed E-state index contributed by atoms with van der Waals surface area (Å²) in [6.07, 6.45) is 6.86. The molecule has 9 heteroatoms. The van der Waals surface area contributed by atoms with Gasteiger partial charge in [-0.05, 0) is 45.1 Å². The molecule has 1 unspecified atom stereocenters. The average molecular weight is 459 g/mol. The van der Waals surface area contributed by atoms with E-state index in [2.05, 4.69) is 42.7 Å². The Morgan fingerprint density at radius 1 is 1.29 bits per heavy atom. The average Bonchev–Trinajstić information content (AvgIpc) is 3.46. The predicted octanol–water partition coefficient (Wildman–Crippen LogP) is 4.91. The SMILES string of the molecule is Cc1nn(C)c(C)c1NC(=O)C(C)Sc1nnc(Cc2cccs2)n1C1CCCCC1. The van der Waals surface area contributed by atoms with Crippen LogP contribution < -0.4 is 5.32 Å². The molecule has 1 N–H and O–H groups in total. The van der Waals surface area contributed by atoms with Crippen molar-refractivity contribution < 1.29 is 4.79 Å². The van der Waals surface area contributed by atoms with Crippen LogP contribution in [0.2, 0.25) is 0 Å². The van der Waals surface area contributed by atoms with E-state index in [0.717, 1.165) is 47.3 Å². The zero-order valence-electron chi connectivity index (χ0n) is 18.6. The Balaban J connectivity index is 1.53. The highest BCUT2D eigenvalue weighted by molar-refractivity contribution is 8.00. The van der Waals surface area contributed by atoms with Crippen LogP contribution in [0.25, 0.3) is 0 Å². The monoisotopic (exact) mass is 458 g/mol. The fraction of sp³-hybridized carbons (Fsp3) is 0.545. The number of hydrogen-bond donors (Lipinski definition) is 1. The predicted molar refractivity (Wildman–Crippen MR) is 126 cm³/mol. The zero-order valence-corrected chi connectivity index (χ0v) is 20.2. The van der Waals surface area contributed by atoms with E-state index in [9.17, 15) is 4.79 Å². The Morgan fingerprint density at radius 3 is 2.71 bits per heavy atom. The third-order valence-electron chi connectivity index (χ3n) is 6.00. The molecular weight excluding hydrogens is 428 g/mol. The van der Waals surface area contributed by atoms with Crippen molar-refractivity contribution in [1.29, 1.82) is 0 Å². The number of nitrogens with zero attached hydrogens (tertiary/aromatic N) is 5. The molecule has 3 aromatic heterocycles. The van der Waals surface area contributed by atoms with Gasteiger partial charge < -0.3 is 9.88 Å². The van der Waals surface area contributed by atoms with Gasteiger partial charge in [0.1, 0.15) is 5.82 Å². The van der Waals surface area contributed by atoms with Gasteiger partial charge in [0, 0.05) is 24.4 Å². The molecule has 0 aliphatic heterocycles. The van der Waals surface area contributed by atoms with Crippen LogP contribution >= 0.6 is 23.1 Å². The standard InChI is InChI=1S/C22H30N6OS2/c1-14-20(15(2)27(4)26-14)23-21(29)16(3)31-22-25-24-19(13-18-11-8-12-30-18)28(22)17-9-6-5-7-10-17/h8,11-12,16-17H,5-7,9-10,13H2,1-4H3,(H,23,29). The molecule has 1 aliphatic rings. The largest absolute Gasteiger partial charge is 0.322 e. The van der Waals surface area contributed by atoms with Crippen molar-refractivity contribution in [3.63, 3.8) is 0 Å². The van der Waals surface area contributed by atoms with Crippen LogP contribution in [-0.2, 0) is 18.3 Å². The first-order valence-electron chi connectivity index (χ1n) is 10.9. The Morgan fingerprint density at radius 2 is 2.06 bits per heavy atom. The van der Waals surface area contributed by atoms with E-state index in [0.29, 0.717) is 6.04 Å². The minimum atomic E-state index is -0.292. The molecule has 0 aromatic carbocycles. The van der Waals surface area contributed by atoms with E-state index in [1.165, 1.54) is 35.9 Å². The van der Waals surface area contributed by atoms with E-state index in [4.69, 9.17) is 0 Å².